The molecule has 314 valence electrons. The van der Waals surface area contributed by atoms with Crippen LogP contribution in [0.25, 0.3) is 87.4 Å². The summed E-state index contributed by atoms with van der Waals surface area (Å²) in [4.78, 5) is 11.2. The first-order chi connectivity index (χ1) is 32.7. The standard InChI is InChI=1S/C60H40N2O4/c1-3-43-33-41(37-17-25-63-26-18-37)7-11-49(43)47(5-1)45-9-13-51-55(35-45)61-59-53(57(51)39-21-29-65-30-22-39)15-16-54-58(40-23-31-66-32-24-40)52-14-10-46(36-56(52)62-60(54)59)48-6-2-4-44-34-42(8-12-50(44)48)38-19-27-64-28-20-38/h1-40H. The molecule has 0 N–H and O–H groups in total. The van der Waals surface area contributed by atoms with E-state index in [1.165, 1.54) is 43.8 Å². The minimum Gasteiger partial charge on any atom is -0.473 e. The van der Waals surface area contributed by atoms with Crippen LogP contribution in [0, 0.1) is 0 Å². The first kappa shape index (κ1) is 38.0. The van der Waals surface area contributed by atoms with E-state index in [1.807, 2.05) is 0 Å². The van der Waals surface area contributed by atoms with E-state index in [2.05, 4.69) is 170 Å². The summed E-state index contributed by atoms with van der Waals surface area (Å²) in [7, 11) is 0. The first-order valence-corrected chi connectivity index (χ1v) is 22.4. The summed E-state index contributed by atoms with van der Waals surface area (Å²) in [5.74, 6) is 0.288. The van der Waals surface area contributed by atoms with Crippen molar-refractivity contribution in [3.8, 4) is 22.3 Å². The van der Waals surface area contributed by atoms with Crippen molar-refractivity contribution in [2.45, 2.75) is 23.7 Å². The van der Waals surface area contributed by atoms with Crippen LogP contribution in [-0.4, -0.2) is 9.97 Å². The second kappa shape index (κ2) is 15.6. The normalized spacial score (nSPS) is 16.2. The molecule has 0 aliphatic carbocycles. The Morgan fingerprint density at radius 1 is 0.318 bits per heavy atom. The predicted octanol–water partition coefficient (Wildman–Crippen LogP) is 15.3. The van der Waals surface area contributed by atoms with E-state index in [-0.39, 0.29) is 23.7 Å². The minimum absolute atomic E-state index is 0.0300. The summed E-state index contributed by atoms with van der Waals surface area (Å²) >= 11 is 0. The van der Waals surface area contributed by atoms with E-state index < -0.39 is 0 Å². The molecule has 2 aromatic heterocycles. The van der Waals surface area contributed by atoms with Gasteiger partial charge in [-0.15, -0.1) is 0 Å². The Morgan fingerprint density at radius 3 is 1.09 bits per heavy atom. The Morgan fingerprint density at radius 2 is 0.682 bits per heavy atom. The largest absolute Gasteiger partial charge is 0.473 e. The third-order valence-electron chi connectivity index (χ3n) is 13.6. The van der Waals surface area contributed by atoms with Gasteiger partial charge in [-0.2, -0.15) is 0 Å². The van der Waals surface area contributed by atoms with Crippen molar-refractivity contribution >= 4 is 65.2 Å². The number of benzene rings is 7. The Kier molecular flexibility index (Phi) is 9.01. The molecular formula is C60H40N2O4. The van der Waals surface area contributed by atoms with E-state index in [0.29, 0.717) is 0 Å². The zero-order valence-electron chi connectivity index (χ0n) is 35.6. The molecule has 0 radical (unpaired) electrons. The van der Waals surface area contributed by atoms with Crippen LogP contribution < -0.4 is 0 Å². The van der Waals surface area contributed by atoms with Crippen molar-refractivity contribution in [2.75, 3.05) is 0 Å². The maximum atomic E-state index is 5.62. The zero-order valence-corrected chi connectivity index (χ0v) is 35.6. The van der Waals surface area contributed by atoms with Gasteiger partial charge in [0.1, 0.15) is 0 Å². The molecule has 0 fully saturated rings. The number of pyridine rings is 2. The molecule has 0 saturated heterocycles. The maximum Gasteiger partial charge on any atom is 0.0975 e. The fraction of sp³-hybridized carbons (Fsp3) is 0.0667. The molecule has 0 amide bonds. The highest BCUT2D eigenvalue weighted by molar-refractivity contribution is 6.14. The van der Waals surface area contributed by atoms with Crippen LogP contribution in [0.3, 0.4) is 0 Å². The Labute approximate surface area is 380 Å². The van der Waals surface area contributed by atoms with Gasteiger partial charge in [0.15, 0.2) is 0 Å². The third kappa shape index (κ3) is 6.40. The van der Waals surface area contributed by atoms with Crippen LogP contribution in [0.15, 0.2) is 220 Å². The molecular weight excluding hydrogens is 813 g/mol. The molecule has 0 atom stereocenters. The zero-order chi connectivity index (χ0) is 43.6. The number of hydrogen-bond acceptors (Lipinski definition) is 6. The van der Waals surface area contributed by atoms with Gasteiger partial charge in [-0.3, -0.25) is 0 Å². The number of fused-ring (bicyclic) bond motifs is 7. The van der Waals surface area contributed by atoms with Crippen molar-refractivity contribution in [3.63, 3.8) is 0 Å². The van der Waals surface area contributed by atoms with Gasteiger partial charge in [-0.1, -0.05) is 109 Å². The lowest BCUT2D eigenvalue weighted by molar-refractivity contribution is 0.390. The van der Waals surface area contributed by atoms with E-state index in [1.54, 1.807) is 50.1 Å². The number of rotatable bonds is 6. The molecule has 0 spiro atoms. The monoisotopic (exact) mass is 852 g/mol. The van der Waals surface area contributed by atoms with E-state index in [4.69, 9.17) is 28.9 Å². The molecule has 0 bridgehead atoms. The predicted molar refractivity (Wildman–Crippen MR) is 266 cm³/mol. The third-order valence-corrected chi connectivity index (χ3v) is 13.6. The second-order valence-corrected chi connectivity index (χ2v) is 17.2. The van der Waals surface area contributed by atoms with E-state index >= 15 is 0 Å². The number of allylic oxidation sites excluding steroid dienone is 8. The van der Waals surface area contributed by atoms with Gasteiger partial charge in [-0.25, -0.2) is 9.97 Å². The smallest absolute Gasteiger partial charge is 0.0975 e. The molecule has 6 heterocycles. The van der Waals surface area contributed by atoms with Crippen LogP contribution in [0.2, 0.25) is 0 Å². The van der Waals surface area contributed by atoms with Gasteiger partial charge in [0, 0.05) is 45.2 Å². The Bertz CT molecular complexity index is 3460. The number of nitrogens with zero attached hydrogens (tertiary/aromatic N) is 2. The average Bonchev–Trinajstić information content (AvgIpc) is 3.39. The number of hydrogen-bond donors (Lipinski definition) is 0. The first-order valence-electron chi connectivity index (χ1n) is 22.4. The summed E-state index contributed by atoms with van der Waals surface area (Å²) in [5, 5.41) is 9.05. The highest BCUT2D eigenvalue weighted by Crippen LogP contribution is 2.44. The van der Waals surface area contributed by atoms with Gasteiger partial charge >= 0.3 is 0 Å². The summed E-state index contributed by atoms with van der Waals surface area (Å²) < 4.78 is 21.8. The number of aromatic nitrogens is 2. The summed E-state index contributed by atoms with van der Waals surface area (Å²) in [6.45, 7) is 0. The van der Waals surface area contributed by atoms with Gasteiger partial charge < -0.3 is 18.9 Å². The fourth-order valence-corrected chi connectivity index (χ4v) is 10.4. The molecule has 9 aromatic rings. The van der Waals surface area contributed by atoms with Crippen LogP contribution in [0.5, 0.6) is 0 Å². The Balaban J connectivity index is 1.02. The Hall–Kier alpha value is -8.48. The lowest BCUT2D eigenvalue weighted by Crippen LogP contribution is -2.03. The van der Waals surface area contributed by atoms with Crippen molar-refractivity contribution in [3.05, 3.63) is 242 Å². The molecule has 4 aliphatic heterocycles. The van der Waals surface area contributed by atoms with Gasteiger partial charge in [0.2, 0.25) is 0 Å². The van der Waals surface area contributed by atoms with Crippen LogP contribution >= 0.6 is 0 Å². The topological polar surface area (TPSA) is 62.7 Å². The van der Waals surface area contributed by atoms with E-state index in [0.717, 1.165) is 65.9 Å². The lowest BCUT2D eigenvalue weighted by Gasteiger charge is -2.21. The molecule has 7 aromatic carbocycles. The van der Waals surface area contributed by atoms with Crippen LogP contribution in [0.1, 0.15) is 45.9 Å². The summed E-state index contributed by atoms with van der Waals surface area (Å²) in [6, 6.07) is 44.5. The van der Waals surface area contributed by atoms with Crippen LogP contribution in [-0.2, 0) is 18.9 Å². The highest BCUT2D eigenvalue weighted by Gasteiger charge is 2.24. The quantitative estimate of drug-likeness (QED) is 0.123. The highest BCUT2D eigenvalue weighted by atomic mass is 16.5. The fourth-order valence-electron chi connectivity index (χ4n) is 10.4. The summed E-state index contributed by atoms with van der Waals surface area (Å²) in [5.41, 5.74) is 12.9. The van der Waals surface area contributed by atoms with Gasteiger partial charge in [0.25, 0.3) is 0 Å². The molecule has 6 nitrogen and oxygen atoms in total. The number of ether oxygens (including phenoxy) is 4. The average molecular weight is 853 g/mol. The lowest BCUT2D eigenvalue weighted by atomic mass is 9.86. The van der Waals surface area contributed by atoms with Gasteiger partial charge in [0.05, 0.1) is 72.2 Å². The van der Waals surface area contributed by atoms with E-state index in [9.17, 15) is 0 Å². The van der Waals surface area contributed by atoms with Crippen LogP contribution in [0.4, 0.5) is 0 Å². The molecule has 4 aliphatic rings. The molecule has 13 rings (SSSR count). The summed E-state index contributed by atoms with van der Waals surface area (Å²) in [6.07, 6.45) is 30.9. The molecule has 6 heteroatoms. The van der Waals surface area contributed by atoms with Crippen molar-refractivity contribution in [1.82, 2.24) is 9.97 Å². The molecule has 0 unspecified atom stereocenters. The van der Waals surface area contributed by atoms with Gasteiger partial charge in [-0.05, 0) is 127 Å². The molecule has 0 saturated carbocycles. The maximum absolute atomic E-state index is 5.62. The van der Waals surface area contributed by atoms with Crippen molar-refractivity contribution in [1.29, 1.82) is 0 Å². The molecule has 66 heavy (non-hydrogen) atoms. The SMILES string of the molecule is C1=CC(c2ccc3c(-c4ccc5c(C6C=COC=C6)c6ccc7c(C8C=COC=C8)c8ccc(-c9cccc%10cc(C%11C=COC=C%11)ccc9%10)cc8nc7c6nc5c4)cccc3c2)C=CO1. The second-order valence-electron chi connectivity index (χ2n) is 17.2. The minimum atomic E-state index is -0.0300. The van der Waals surface area contributed by atoms with Crippen molar-refractivity contribution in [2.24, 2.45) is 0 Å². The van der Waals surface area contributed by atoms with Crippen molar-refractivity contribution < 1.29 is 18.9 Å².